The number of aromatic nitrogens is 3. The van der Waals surface area contributed by atoms with E-state index in [2.05, 4.69) is 25.2 Å². The summed E-state index contributed by atoms with van der Waals surface area (Å²) in [6.07, 6.45) is 4.43. The molecule has 35 heavy (non-hydrogen) atoms. The second-order valence-electron chi connectivity index (χ2n) is 8.57. The van der Waals surface area contributed by atoms with Crippen molar-refractivity contribution in [3.05, 3.63) is 59.7 Å². The molecule has 0 bridgehead atoms. The van der Waals surface area contributed by atoms with Gasteiger partial charge in [-0.25, -0.2) is 18.4 Å². The molecule has 1 fully saturated rings. The lowest BCUT2D eigenvalue weighted by Gasteiger charge is -2.20. The molecule has 3 aromatic heterocycles. The maximum atomic E-state index is 13.2. The first-order chi connectivity index (χ1) is 16.9. The molecule has 0 spiro atoms. The first-order valence-corrected chi connectivity index (χ1v) is 13.7. The van der Waals surface area contributed by atoms with E-state index in [0.717, 1.165) is 35.3 Å². The topological polar surface area (TPSA) is 111 Å². The Kier molecular flexibility index (Phi) is 6.65. The number of aromatic amines is 1. The molecule has 0 aliphatic carbocycles. The molecule has 1 amide bonds. The number of carbonyl (C=O) groups excluding carboxylic acids is 1. The van der Waals surface area contributed by atoms with Crippen molar-refractivity contribution in [3.8, 4) is 11.3 Å². The number of nitrogens with zero attached hydrogens (tertiary/aromatic N) is 4. The zero-order valence-electron chi connectivity index (χ0n) is 19.3. The zero-order chi connectivity index (χ0) is 24.4. The number of hydrogen-bond donors (Lipinski definition) is 2. The quantitative estimate of drug-likeness (QED) is 0.412. The highest BCUT2D eigenvalue weighted by molar-refractivity contribution is 7.89. The van der Waals surface area contributed by atoms with Crippen LogP contribution in [0.1, 0.15) is 12.0 Å². The van der Waals surface area contributed by atoms with Crippen LogP contribution in [-0.4, -0.2) is 71.7 Å². The number of nitrogens with one attached hydrogen (secondary N) is 2. The second-order valence-corrected chi connectivity index (χ2v) is 11.4. The highest BCUT2D eigenvalue weighted by Crippen LogP contribution is 2.30. The predicted molar refractivity (Wildman–Crippen MR) is 137 cm³/mol. The maximum Gasteiger partial charge on any atom is 0.243 e. The van der Waals surface area contributed by atoms with Gasteiger partial charge in [0.1, 0.15) is 5.65 Å². The Labute approximate surface area is 207 Å². The highest BCUT2D eigenvalue weighted by Gasteiger charge is 2.26. The van der Waals surface area contributed by atoms with E-state index in [1.807, 2.05) is 30.8 Å². The number of fused-ring (bicyclic) bond motifs is 1. The Morgan fingerprint density at radius 2 is 2.06 bits per heavy atom. The monoisotopic (exact) mass is 510 g/mol. The number of hydrogen-bond acceptors (Lipinski definition) is 7. The van der Waals surface area contributed by atoms with Crippen molar-refractivity contribution < 1.29 is 13.2 Å². The summed E-state index contributed by atoms with van der Waals surface area (Å²) in [5.74, 6) is -0.252. The maximum absolute atomic E-state index is 13.2. The van der Waals surface area contributed by atoms with Gasteiger partial charge in [-0.1, -0.05) is 12.1 Å². The van der Waals surface area contributed by atoms with E-state index < -0.39 is 10.0 Å². The predicted octanol–water partition coefficient (Wildman–Crippen LogP) is 3.19. The smallest absolute Gasteiger partial charge is 0.243 e. The van der Waals surface area contributed by atoms with Gasteiger partial charge in [0.05, 0.1) is 17.0 Å². The van der Waals surface area contributed by atoms with Crippen LogP contribution in [0, 0.1) is 0 Å². The van der Waals surface area contributed by atoms with Crippen molar-refractivity contribution in [1.82, 2.24) is 24.2 Å². The van der Waals surface area contributed by atoms with E-state index >= 15 is 0 Å². The largest absolute Gasteiger partial charge is 0.345 e. The molecule has 2 N–H and O–H groups in total. The molecule has 0 radical (unpaired) electrons. The van der Waals surface area contributed by atoms with Crippen LogP contribution in [0.2, 0.25) is 0 Å². The molecule has 182 valence electrons. The summed E-state index contributed by atoms with van der Waals surface area (Å²) in [7, 11) is -1.61. The van der Waals surface area contributed by atoms with E-state index in [1.54, 1.807) is 30.5 Å². The molecule has 1 aliphatic heterocycles. The van der Waals surface area contributed by atoms with Crippen LogP contribution in [0.15, 0.2) is 59.1 Å². The molecule has 1 aromatic carbocycles. The van der Waals surface area contributed by atoms with Crippen LogP contribution in [-0.2, 0) is 21.2 Å². The zero-order valence-corrected chi connectivity index (χ0v) is 20.9. The number of amides is 1. The van der Waals surface area contributed by atoms with Crippen molar-refractivity contribution in [3.63, 3.8) is 0 Å². The van der Waals surface area contributed by atoms with Crippen molar-refractivity contribution in [2.24, 2.45) is 0 Å². The number of anilines is 1. The van der Waals surface area contributed by atoms with E-state index in [9.17, 15) is 13.2 Å². The molecule has 9 nitrogen and oxygen atoms in total. The van der Waals surface area contributed by atoms with Gasteiger partial charge < -0.3 is 15.2 Å². The Morgan fingerprint density at radius 3 is 2.94 bits per heavy atom. The summed E-state index contributed by atoms with van der Waals surface area (Å²) in [4.78, 5) is 27.0. The third kappa shape index (κ3) is 5.13. The van der Waals surface area contributed by atoms with Crippen molar-refractivity contribution >= 4 is 43.4 Å². The van der Waals surface area contributed by atoms with Gasteiger partial charge in [-0.05, 0) is 49.8 Å². The molecule has 0 saturated carbocycles. The number of H-pyrrole nitrogens is 1. The molecule has 11 heteroatoms. The average Bonchev–Trinajstić information content (AvgIpc) is 3.41. The standard InChI is InChI=1S/C24H26N6O3S2/c1-29-9-4-10-30(12-11-29)35(32,33)18-6-2-5-17(13-18)14-22(31)28-24-27-21(16-34-24)20-15-26-23-19(20)7-3-8-25-23/h2-3,5-8,13,15-16H,4,9-12,14H2,1H3,(H,25,26)(H,27,28,31). The molecule has 4 aromatic rings. The molecule has 0 unspecified atom stereocenters. The normalized spacial score (nSPS) is 15.8. The summed E-state index contributed by atoms with van der Waals surface area (Å²) >= 11 is 1.34. The van der Waals surface area contributed by atoms with Crippen molar-refractivity contribution in [1.29, 1.82) is 0 Å². The Morgan fingerprint density at radius 1 is 1.17 bits per heavy atom. The Hall–Kier alpha value is -3.12. The summed E-state index contributed by atoms with van der Waals surface area (Å²) in [6, 6.07) is 10.5. The van der Waals surface area contributed by atoms with Crippen LogP contribution in [0.3, 0.4) is 0 Å². The first kappa shape index (κ1) is 23.6. The van der Waals surface area contributed by atoms with Crippen LogP contribution in [0.25, 0.3) is 22.3 Å². The summed E-state index contributed by atoms with van der Waals surface area (Å²) in [5.41, 5.74) is 3.08. The molecule has 5 rings (SSSR count). The summed E-state index contributed by atoms with van der Waals surface area (Å²) < 4.78 is 27.9. The number of carbonyl (C=O) groups is 1. The molecular formula is C24H26N6O3S2. The van der Waals surface area contributed by atoms with Crippen LogP contribution < -0.4 is 5.32 Å². The van der Waals surface area contributed by atoms with Gasteiger partial charge in [0.25, 0.3) is 0 Å². The third-order valence-electron chi connectivity index (χ3n) is 6.06. The molecule has 1 saturated heterocycles. The lowest BCUT2D eigenvalue weighted by Crippen LogP contribution is -2.34. The first-order valence-electron chi connectivity index (χ1n) is 11.4. The fraction of sp³-hybridized carbons (Fsp3) is 0.292. The van der Waals surface area contributed by atoms with Gasteiger partial charge in [-0.2, -0.15) is 4.31 Å². The Balaban J connectivity index is 1.27. The van der Waals surface area contributed by atoms with Gasteiger partial charge in [0.15, 0.2) is 5.13 Å². The number of benzene rings is 1. The summed E-state index contributed by atoms with van der Waals surface area (Å²) in [6.45, 7) is 2.53. The molecule has 0 atom stereocenters. The number of pyridine rings is 1. The van der Waals surface area contributed by atoms with E-state index in [4.69, 9.17) is 0 Å². The van der Waals surface area contributed by atoms with Gasteiger partial charge >= 0.3 is 0 Å². The van der Waals surface area contributed by atoms with E-state index in [-0.39, 0.29) is 17.2 Å². The fourth-order valence-corrected chi connectivity index (χ4v) is 6.47. The number of rotatable bonds is 6. The van der Waals surface area contributed by atoms with Crippen molar-refractivity contribution in [2.45, 2.75) is 17.7 Å². The second kappa shape index (κ2) is 9.86. The van der Waals surface area contributed by atoms with Gasteiger partial charge in [0, 0.05) is 48.4 Å². The van der Waals surface area contributed by atoms with Crippen molar-refractivity contribution in [2.75, 3.05) is 38.5 Å². The minimum atomic E-state index is -3.61. The highest BCUT2D eigenvalue weighted by atomic mass is 32.2. The number of thiazole rings is 1. The van der Waals surface area contributed by atoms with E-state index in [1.165, 1.54) is 15.6 Å². The molecular weight excluding hydrogens is 484 g/mol. The number of likely N-dealkylation sites (N-methyl/N-ethyl adjacent to an activating group) is 1. The lowest BCUT2D eigenvalue weighted by molar-refractivity contribution is -0.115. The van der Waals surface area contributed by atoms with Crippen LogP contribution in [0.5, 0.6) is 0 Å². The van der Waals surface area contributed by atoms with Gasteiger partial charge in [-0.3, -0.25) is 4.79 Å². The molecule has 1 aliphatic rings. The SMILES string of the molecule is CN1CCCN(S(=O)(=O)c2cccc(CC(=O)Nc3nc(-c4c[nH]c5ncccc45)cs3)c2)CC1. The fourth-order valence-electron chi connectivity index (χ4n) is 4.20. The van der Waals surface area contributed by atoms with Gasteiger partial charge in [0.2, 0.25) is 15.9 Å². The average molecular weight is 511 g/mol. The minimum Gasteiger partial charge on any atom is -0.345 e. The lowest BCUT2D eigenvalue weighted by atomic mass is 10.1. The third-order valence-corrected chi connectivity index (χ3v) is 8.71. The van der Waals surface area contributed by atoms with Crippen LogP contribution in [0.4, 0.5) is 5.13 Å². The van der Waals surface area contributed by atoms with Gasteiger partial charge in [-0.15, -0.1) is 11.3 Å². The molecule has 4 heterocycles. The number of sulfonamides is 1. The minimum absolute atomic E-state index is 0.0536. The van der Waals surface area contributed by atoms with Crippen LogP contribution >= 0.6 is 11.3 Å². The Bertz CT molecular complexity index is 1460. The summed E-state index contributed by atoms with van der Waals surface area (Å²) in [5, 5.41) is 6.17. The van der Waals surface area contributed by atoms with E-state index in [0.29, 0.717) is 30.3 Å².